The van der Waals surface area contributed by atoms with E-state index in [1.54, 1.807) is 0 Å². The van der Waals surface area contributed by atoms with E-state index in [0.717, 1.165) is 0 Å². The minimum Gasteiger partial charge on any atom is -0.254 e. The van der Waals surface area contributed by atoms with E-state index in [0.29, 0.717) is 24.5 Å². The van der Waals surface area contributed by atoms with Crippen molar-refractivity contribution in [2.45, 2.75) is 12.4 Å². The first-order valence-corrected chi connectivity index (χ1v) is 4.59. The Kier molecular flexibility index (Phi) is 2.67. The molecule has 2 aromatic rings. The molecular weight excluding hydrogens is 262 g/mol. The van der Waals surface area contributed by atoms with Crippen molar-refractivity contribution >= 4 is 11.0 Å². The normalized spacial score (nSPS) is 13.0. The van der Waals surface area contributed by atoms with Crippen LogP contribution in [0.25, 0.3) is 11.0 Å². The standard InChI is InChI=1S/C10H4F6N2/c11-9(12,13)5-1-3-17-8-6(10(14,15)16)2-4-18-7(5)8/h1-4H. The molecule has 0 unspecified atom stereocenters. The topological polar surface area (TPSA) is 25.8 Å². The summed E-state index contributed by atoms with van der Waals surface area (Å²) >= 11 is 0. The number of alkyl halides is 6. The van der Waals surface area contributed by atoms with Gasteiger partial charge in [-0.2, -0.15) is 26.3 Å². The molecule has 0 saturated carbocycles. The minimum atomic E-state index is -4.78. The number of aromatic nitrogens is 2. The lowest BCUT2D eigenvalue weighted by Gasteiger charge is -2.12. The molecule has 0 radical (unpaired) electrons. The highest BCUT2D eigenvalue weighted by atomic mass is 19.4. The third-order valence-corrected chi connectivity index (χ3v) is 2.24. The smallest absolute Gasteiger partial charge is 0.254 e. The van der Waals surface area contributed by atoms with E-state index in [1.165, 1.54) is 0 Å². The molecule has 0 aliphatic carbocycles. The van der Waals surface area contributed by atoms with Gasteiger partial charge in [-0.1, -0.05) is 0 Å². The Morgan fingerprint density at radius 1 is 0.667 bits per heavy atom. The molecule has 2 heterocycles. The molecule has 8 heteroatoms. The lowest BCUT2D eigenvalue weighted by atomic mass is 10.1. The maximum Gasteiger partial charge on any atom is 0.418 e. The molecule has 18 heavy (non-hydrogen) atoms. The van der Waals surface area contributed by atoms with Crippen molar-refractivity contribution in [3.63, 3.8) is 0 Å². The second kappa shape index (κ2) is 3.82. The van der Waals surface area contributed by atoms with Crippen molar-refractivity contribution in [3.05, 3.63) is 35.7 Å². The van der Waals surface area contributed by atoms with E-state index in [9.17, 15) is 26.3 Å². The van der Waals surface area contributed by atoms with Gasteiger partial charge in [-0.15, -0.1) is 0 Å². The van der Waals surface area contributed by atoms with Crippen LogP contribution in [0, 0.1) is 0 Å². The first kappa shape index (κ1) is 12.6. The Balaban J connectivity index is 2.82. The summed E-state index contributed by atoms with van der Waals surface area (Å²) in [5.74, 6) is 0. The van der Waals surface area contributed by atoms with Gasteiger partial charge in [-0.25, -0.2) is 0 Å². The molecule has 2 aromatic heterocycles. The van der Waals surface area contributed by atoms with Gasteiger partial charge in [0.05, 0.1) is 11.1 Å². The van der Waals surface area contributed by atoms with Crippen LogP contribution in [0.3, 0.4) is 0 Å². The first-order chi connectivity index (χ1) is 8.21. The molecule has 0 aliphatic rings. The molecule has 0 N–H and O–H groups in total. The van der Waals surface area contributed by atoms with E-state index in [2.05, 4.69) is 9.97 Å². The van der Waals surface area contributed by atoms with Gasteiger partial charge in [0.25, 0.3) is 0 Å². The molecule has 2 nitrogen and oxygen atoms in total. The molecule has 96 valence electrons. The molecule has 0 spiro atoms. The lowest BCUT2D eigenvalue weighted by Crippen LogP contribution is -2.11. The van der Waals surface area contributed by atoms with Crippen molar-refractivity contribution in [1.29, 1.82) is 0 Å². The zero-order chi connectivity index (χ0) is 13.6. The molecule has 0 saturated heterocycles. The Bertz CT molecular complexity index is 534. The van der Waals surface area contributed by atoms with Gasteiger partial charge in [0.15, 0.2) is 0 Å². The zero-order valence-corrected chi connectivity index (χ0v) is 8.47. The van der Waals surface area contributed by atoms with Gasteiger partial charge in [-0.05, 0) is 12.1 Å². The quantitative estimate of drug-likeness (QED) is 0.680. The number of hydrogen-bond donors (Lipinski definition) is 0. The van der Waals surface area contributed by atoms with Gasteiger partial charge in [-0.3, -0.25) is 9.97 Å². The highest BCUT2D eigenvalue weighted by Crippen LogP contribution is 2.37. The van der Waals surface area contributed by atoms with Gasteiger partial charge in [0.1, 0.15) is 11.0 Å². The SMILES string of the molecule is FC(F)(F)c1ccnc2c(C(F)(F)F)ccnc12. The molecule has 0 aliphatic heterocycles. The second-order valence-electron chi connectivity index (χ2n) is 3.41. The largest absolute Gasteiger partial charge is 0.418 e. The van der Waals surface area contributed by atoms with Crippen molar-refractivity contribution in [3.8, 4) is 0 Å². The molecular formula is C10H4F6N2. The number of nitrogens with zero attached hydrogens (tertiary/aromatic N) is 2. The number of halogens is 6. The first-order valence-electron chi connectivity index (χ1n) is 4.59. The molecule has 0 bridgehead atoms. The fourth-order valence-electron chi connectivity index (χ4n) is 1.50. The summed E-state index contributed by atoms with van der Waals surface area (Å²) in [5.41, 5.74) is -4.09. The third-order valence-electron chi connectivity index (χ3n) is 2.24. The summed E-state index contributed by atoms with van der Waals surface area (Å²) in [5, 5.41) is 0. The lowest BCUT2D eigenvalue weighted by molar-refractivity contribution is -0.138. The summed E-state index contributed by atoms with van der Waals surface area (Å²) < 4.78 is 75.6. The minimum absolute atomic E-state index is 0.593. The van der Waals surface area contributed by atoms with E-state index in [4.69, 9.17) is 0 Å². The van der Waals surface area contributed by atoms with Crippen LogP contribution in [0.4, 0.5) is 26.3 Å². The van der Waals surface area contributed by atoms with Gasteiger partial charge in [0, 0.05) is 12.4 Å². The molecule has 0 amide bonds. The van der Waals surface area contributed by atoms with Crippen molar-refractivity contribution in [2.24, 2.45) is 0 Å². The molecule has 0 fully saturated rings. The summed E-state index contributed by atoms with van der Waals surface area (Å²) in [6.07, 6.45) is -8.19. The summed E-state index contributed by atoms with van der Waals surface area (Å²) in [7, 11) is 0. The predicted octanol–water partition coefficient (Wildman–Crippen LogP) is 3.67. The highest BCUT2D eigenvalue weighted by Gasteiger charge is 2.37. The average molecular weight is 266 g/mol. The van der Waals surface area contributed by atoms with Crippen LogP contribution in [-0.4, -0.2) is 9.97 Å². The maximum atomic E-state index is 12.6. The van der Waals surface area contributed by atoms with Crippen molar-refractivity contribution < 1.29 is 26.3 Å². The molecule has 0 atom stereocenters. The maximum absolute atomic E-state index is 12.6. The van der Waals surface area contributed by atoms with Crippen LogP contribution < -0.4 is 0 Å². The van der Waals surface area contributed by atoms with Crippen LogP contribution in [0.1, 0.15) is 11.1 Å². The Hall–Kier alpha value is -1.86. The van der Waals surface area contributed by atoms with Gasteiger partial charge >= 0.3 is 12.4 Å². The van der Waals surface area contributed by atoms with E-state index in [1.807, 2.05) is 0 Å². The summed E-state index contributed by atoms with van der Waals surface area (Å²) in [6, 6.07) is 1.19. The number of rotatable bonds is 0. The predicted molar refractivity (Wildman–Crippen MR) is 49.5 cm³/mol. The van der Waals surface area contributed by atoms with Crippen molar-refractivity contribution in [2.75, 3.05) is 0 Å². The van der Waals surface area contributed by atoms with E-state index < -0.39 is 34.5 Å². The van der Waals surface area contributed by atoms with Crippen LogP contribution in [-0.2, 0) is 12.4 Å². The number of hydrogen-bond acceptors (Lipinski definition) is 2. The third kappa shape index (κ3) is 2.09. The van der Waals surface area contributed by atoms with Crippen molar-refractivity contribution in [1.82, 2.24) is 9.97 Å². The average Bonchev–Trinajstić information content (AvgIpc) is 2.24. The highest BCUT2D eigenvalue weighted by molar-refractivity contribution is 5.81. The monoisotopic (exact) mass is 266 g/mol. The zero-order valence-electron chi connectivity index (χ0n) is 8.47. The summed E-state index contributed by atoms with van der Waals surface area (Å²) in [6.45, 7) is 0. The van der Waals surface area contributed by atoms with Crippen LogP contribution >= 0.6 is 0 Å². The number of pyridine rings is 2. The van der Waals surface area contributed by atoms with Gasteiger partial charge in [0.2, 0.25) is 0 Å². The van der Waals surface area contributed by atoms with Crippen LogP contribution in [0.15, 0.2) is 24.5 Å². The fraction of sp³-hybridized carbons (Fsp3) is 0.200. The fourth-order valence-corrected chi connectivity index (χ4v) is 1.50. The van der Waals surface area contributed by atoms with E-state index in [-0.39, 0.29) is 0 Å². The Labute approximate surface area is 96.3 Å². The molecule has 0 aromatic carbocycles. The number of fused-ring (bicyclic) bond motifs is 1. The summed E-state index contributed by atoms with van der Waals surface area (Å²) in [4.78, 5) is 6.68. The van der Waals surface area contributed by atoms with Crippen LogP contribution in [0.5, 0.6) is 0 Å². The second-order valence-corrected chi connectivity index (χ2v) is 3.41. The van der Waals surface area contributed by atoms with Crippen LogP contribution in [0.2, 0.25) is 0 Å². The Morgan fingerprint density at radius 3 is 1.28 bits per heavy atom. The van der Waals surface area contributed by atoms with E-state index >= 15 is 0 Å². The molecule has 2 rings (SSSR count). The van der Waals surface area contributed by atoms with Gasteiger partial charge < -0.3 is 0 Å². The Morgan fingerprint density at radius 2 is 1.00 bits per heavy atom.